The SMILES string of the molecule is O=c1c2ccccc2oc2cc(-c3cc(C(F)(F)F)cc(C(F)(F)F)c3)ccc12. The van der Waals surface area contributed by atoms with Gasteiger partial charge in [0.05, 0.1) is 21.9 Å². The summed E-state index contributed by atoms with van der Waals surface area (Å²) in [5.74, 6) is 0. The smallest absolute Gasteiger partial charge is 0.416 e. The van der Waals surface area contributed by atoms with Crippen LogP contribution in [-0.2, 0) is 12.4 Å². The summed E-state index contributed by atoms with van der Waals surface area (Å²) in [4.78, 5) is 12.5. The highest BCUT2D eigenvalue weighted by Gasteiger charge is 2.37. The van der Waals surface area contributed by atoms with Crippen LogP contribution in [0.15, 0.2) is 69.9 Å². The average Bonchev–Trinajstić information content (AvgIpc) is 2.66. The van der Waals surface area contributed by atoms with Gasteiger partial charge in [0.15, 0.2) is 0 Å². The van der Waals surface area contributed by atoms with Gasteiger partial charge in [0.1, 0.15) is 11.2 Å². The van der Waals surface area contributed by atoms with Crippen LogP contribution >= 0.6 is 0 Å². The van der Waals surface area contributed by atoms with E-state index in [0.717, 1.165) is 0 Å². The van der Waals surface area contributed by atoms with E-state index in [2.05, 4.69) is 0 Å². The van der Waals surface area contributed by atoms with Crippen molar-refractivity contribution in [2.24, 2.45) is 0 Å². The fourth-order valence-corrected chi connectivity index (χ4v) is 3.10. The molecular weight excluding hydrogens is 398 g/mol. The third kappa shape index (κ3) is 3.46. The van der Waals surface area contributed by atoms with Gasteiger partial charge in [-0.25, -0.2) is 0 Å². The van der Waals surface area contributed by atoms with E-state index in [9.17, 15) is 31.1 Å². The number of rotatable bonds is 1. The van der Waals surface area contributed by atoms with Crippen molar-refractivity contribution >= 4 is 21.9 Å². The second-order valence-electron chi connectivity index (χ2n) is 6.43. The normalized spacial score (nSPS) is 12.6. The van der Waals surface area contributed by atoms with Gasteiger partial charge in [0, 0.05) is 0 Å². The number of alkyl halides is 6. The molecule has 0 saturated carbocycles. The number of halogens is 6. The Morgan fingerprint density at radius 2 is 1.21 bits per heavy atom. The lowest BCUT2D eigenvalue weighted by Gasteiger charge is -2.14. The molecule has 4 rings (SSSR count). The summed E-state index contributed by atoms with van der Waals surface area (Å²) in [6.45, 7) is 0. The van der Waals surface area contributed by atoms with Gasteiger partial charge < -0.3 is 4.42 Å². The summed E-state index contributed by atoms with van der Waals surface area (Å²) < 4.78 is 84.3. The Labute approximate surface area is 159 Å². The minimum Gasteiger partial charge on any atom is -0.456 e. The topological polar surface area (TPSA) is 30.2 Å². The molecule has 0 bridgehead atoms. The molecule has 8 heteroatoms. The van der Waals surface area contributed by atoms with Crippen LogP contribution in [0.3, 0.4) is 0 Å². The molecule has 0 amide bonds. The molecule has 0 aliphatic heterocycles. The predicted octanol–water partition coefficient (Wildman–Crippen LogP) is 6.65. The molecule has 148 valence electrons. The van der Waals surface area contributed by atoms with E-state index in [1.165, 1.54) is 18.2 Å². The summed E-state index contributed by atoms with van der Waals surface area (Å²) in [6.07, 6.45) is -9.90. The largest absolute Gasteiger partial charge is 0.456 e. The lowest BCUT2D eigenvalue weighted by atomic mass is 9.98. The molecule has 0 N–H and O–H groups in total. The molecule has 0 fully saturated rings. The molecular formula is C21H10F6O2. The third-order valence-electron chi connectivity index (χ3n) is 4.50. The molecule has 0 aliphatic rings. The Bertz CT molecular complexity index is 1270. The van der Waals surface area contributed by atoms with E-state index < -0.39 is 23.5 Å². The van der Waals surface area contributed by atoms with Crippen LogP contribution in [0.4, 0.5) is 26.3 Å². The van der Waals surface area contributed by atoms with Crippen molar-refractivity contribution in [3.05, 3.63) is 82.0 Å². The highest BCUT2D eigenvalue weighted by molar-refractivity contribution is 5.91. The van der Waals surface area contributed by atoms with Gasteiger partial charge in [-0.2, -0.15) is 26.3 Å². The lowest BCUT2D eigenvalue weighted by Crippen LogP contribution is -2.11. The predicted molar refractivity (Wildman–Crippen MR) is 95.4 cm³/mol. The lowest BCUT2D eigenvalue weighted by molar-refractivity contribution is -0.143. The van der Waals surface area contributed by atoms with E-state index >= 15 is 0 Å². The van der Waals surface area contributed by atoms with Crippen LogP contribution in [0, 0.1) is 0 Å². The Morgan fingerprint density at radius 1 is 0.621 bits per heavy atom. The molecule has 0 spiro atoms. The van der Waals surface area contributed by atoms with Gasteiger partial charge in [0.2, 0.25) is 5.43 Å². The molecule has 0 unspecified atom stereocenters. The quantitative estimate of drug-likeness (QED) is 0.261. The third-order valence-corrected chi connectivity index (χ3v) is 4.50. The van der Waals surface area contributed by atoms with Crippen LogP contribution in [0.1, 0.15) is 11.1 Å². The maximum atomic E-state index is 13.1. The monoisotopic (exact) mass is 408 g/mol. The molecule has 1 aromatic heterocycles. The molecule has 4 aromatic rings. The van der Waals surface area contributed by atoms with Gasteiger partial charge >= 0.3 is 12.4 Å². The molecule has 29 heavy (non-hydrogen) atoms. The minimum absolute atomic E-state index is 0.0625. The molecule has 0 aliphatic carbocycles. The maximum Gasteiger partial charge on any atom is 0.416 e. The first-order chi connectivity index (χ1) is 13.5. The van der Waals surface area contributed by atoms with Crippen LogP contribution in [0.25, 0.3) is 33.1 Å². The summed E-state index contributed by atoms with van der Waals surface area (Å²) >= 11 is 0. The zero-order valence-corrected chi connectivity index (χ0v) is 14.4. The van der Waals surface area contributed by atoms with E-state index in [1.807, 2.05) is 0 Å². The molecule has 1 heterocycles. The van der Waals surface area contributed by atoms with Crippen LogP contribution in [0.5, 0.6) is 0 Å². The van der Waals surface area contributed by atoms with E-state index in [1.54, 1.807) is 24.3 Å². The van der Waals surface area contributed by atoms with Crippen LogP contribution in [0.2, 0.25) is 0 Å². The Balaban J connectivity index is 1.96. The Hall–Kier alpha value is -3.29. The van der Waals surface area contributed by atoms with Gasteiger partial charge in [-0.1, -0.05) is 18.2 Å². The van der Waals surface area contributed by atoms with Crippen molar-refractivity contribution in [2.45, 2.75) is 12.4 Å². The summed E-state index contributed by atoms with van der Waals surface area (Å²) in [7, 11) is 0. The van der Waals surface area contributed by atoms with Crippen molar-refractivity contribution in [3.8, 4) is 11.1 Å². The number of hydrogen-bond donors (Lipinski definition) is 0. The van der Waals surface area contributed by atoms with Crippen molar-refractivity contribution in [2.75, 3.05) is 0 Å². The van der Waals surface area contributed by atoms with Crippen molar-refractivity contribution < 1.29 is 30.8 Å². The maximum absolute atomic E-state index is 13.1. The molecule has 0 atom stereocenters. The first-order valence-corrected chi connectivity index (χ1v) is 8.29. The summed E-state index contributed by atoms with van der Waals surface area (Å²) in [5, 5.41) is 0.502. The fourth-order valence-electron chi connectivity index (χ4n) is 3.10. The second kappa shape index (κ2) is 6.37. The molecule has 3 aromatic carbocycles. The first kappa shape index (κ1) is 19.0. The Kier molecular flexibility index (Phi) is 4.18. The van der Waals surface area contributed by atoms with Gasteiger partial charge in [-0.3, -0.25) is 4.79 Å². The number of para-hydroxylation sites is 1. The molecule has 0 radical (unpaired) electrons. The minimum atomic E-state index is -4.95. The van der Waals surface area contributed by atoms with Gasteiger partial charge in [-0.05, 0) is 53.6 Å². The van der Waals surface area contributed by atoms with E-state index in [4.69, 9.17) is 4.42 Å². The van der Waals surface area contributed by atoms with Crippen molar-refractivity contribution in [1.82, 2.24) is 0 Å². The van der Waals surface area contributed by atoms with E-state index in [-0.39, 0.29) is 39.2 Å². The van der Waals surface area contributed by atoms with Crippen molar-refractivity contribution in [3.63, 3.8) is 0 Å². The number of fused-ring (bicyclic) bond motifs is 2. The van der Waals surface area contributed by atoms with Crippen LogP contribution in [-0.4, -0.2) is 0 Å². The highest BCUT2D eigenvalue weighted by atomic mass is 19.4. The number of benzene rings is 3. The standard InChI is InChI=1S/C21H10F6O2/c22-20(23,24)13-7-12(8-14(10-13)21(25,26)27)11-5-6-16-18(9-11)29-17-4-2-1-3-15(17)19(16)28/h1-10H. The summed E-state index contributed by atoms with van der Waals surface area (Å²) in [6, 6.07) is 11.6. The zero-order valence-electron chi connectivity index (χ0n) is 14.4. The van der Waals surface area contributed by atoms with Gasteiger partial charge in [-0.15, -0.1) is 0 Å². The number of hydrogen-bond acceptors (Lipinski definition) is 2. The zero-order chi connectivity index (χ0) is 21.0. The summed E-state index contributed by atoms with van der Waals surface area (Å²) in [5.41, 5.74) is -3.06. The average molecular weight is 408 g/mol. The van der Waals surface area contributed by atoms with Gasteiger partial charge in [0.25, 0.3) is 0 Å². The molecule has 2 nitrogen and oxygen atoms in total. The fraction of sp³-hybridized carbons (Fsp3) is 0.0952. The highest BCUT2D eigenvalue weighted by Crippen LogP contribution is 2.39. The molecule has 0 saturated heterocycles. The first-order valence-electron chi connectivity index (χ1n) is 8.29. The van der Waals surface area contributed by atoms with Crippen molar-refractivity contribution in [1.29, 1.82) is 0 Å². The Morgan fingerprint density at radius 3 is 1.83 bits per heavy atom. The second-order valence-corrected chi connectivity index (χ2v) is 6.43. The van der Waals surface area contributed by atoms with E-state index in [0.29, 0.717) is 17.5 Å². The van der Waals surface area contributed by atoms with Crippen LogP contribution < -0.4 is 5.43 Å².